The van der Waals surface area contributed by atoms with Crippen LogP contribution >= 0.6 is 0 Å². The second-order valence-corrected chi connectivity index (χ2v) is 3.70. The Morgan fingerprint density at radius 1 is 1.06 bits per heavy atom. The van der Waals surface area contributed by atoms with Crippen molar-refractivity contribution in [3.8, 4) is 24.7 Å². The number of rotatable bonds is 5. The van der Waals surface area contributed by atoms with Gasteiger partial charge in [0, 0.05) is 0 Å². The molecular formula is C12H16O6. The molecule has 1 heterocycles. The number of hydrogen-bond acceptors (Lipinski definition) is 6. The normalized spacial score (nSPS) is 35.7. The molecule has 0 aromatic heterocycles. The maximum absolute atomic E-state index is 9.92. The fourth-order valence-electron chi connectivity index (χ4n) is 1.72. The molecular weight excluding hydrogens is 240 g/mol. The Hall–Kier alpha value is -1.12. The third-order valence-corrected chi connectivity index (χ3v) is 2.53. The van der Waals surface area contributed by atoms with E-state index in [-0.39, 0.29) is 13.2 Å². The van der Waals surface area contributed by atoms with Crippen molar-refractivity contribution in [1.82, 2.24) is 0 Å². The minimum absolute atomic E-state index is 0.0670. The highest BCUT2D eigenvalue weighted by molar-refractivity contribution is 4.94. The minimum atomic E-state index is -1.36. The van der Waals surface area contributed by atoms with Crippen molar-refractivity contribution in [3.05, 3.63) is 0 Å². The highest BCUT2D eigenvalue weighted by Gasteiger charge is 2.45. The van der Waals surface area contributed by atoms with Gasteiger partial charge in [-0.05, 0) is 0 Å². The third-order valence-electron chi connectivity index (χ3n) is 2.53. The van der Waals surface area contributed by atoms with E-state index in [0.717, 1.165) is 0 Å². The third kappa shape index (κ3) is 3.44. The molecule has 3 N–H and O–H groups in total. The Balaban J connectivity index is 2.77. The van der Waals surface area contributed by atoms with Crippen LogP contribution in [0, 0.1) is 24.7 Å². The molecule has 1 fully saturated rings. The summed E-state index contributed by atoms with van der Waals surface area (Å²) in [4.78, 5) is 0. The van der Waals surface area contributed by atoms with E-state index in [1.165, 1.54) is 0 Å². The van der Waals surface area contributed by atoms with Crippen molar-refractivity contribution in [2.45, 2.75) is 30.7 Å². The van der Waals surface area contributed by atoms with E-state index in [1.54, 1.807) is 0 Å². The fraction of sp³-hybridized carbons (Fsp3) is 0.667. The molecule has 0 radical (unpaired) electrons. The molecule has 0 amide bonds. The van der Waals surface area contributed by atoms with E-state index in [4.69, 9.17) is 32.2 Å². The van der Waals surface area contributed by atoms with E-state index >= 15 is 0 Å². The molecule has 0 spiro atoms. The first kappa shape index (κ1) is 14.9. The van der Waals surface area contributed by atoms with Gasteiger partial charge in [-0.1, -0.05) is 11.8 Å². The van der Waals surface area contributed by atoms with Gasteiger partial charge in [0.25, 0.3) is 0 Å². The highest BCUT2D eigenvalue weighted by Crippen LogP contribution is 2.24. The molecule has 0 saturated carbocycles. The molecule has 1 aliphatic rings. The van der Waals surface area contributed by atoms with Crippen LogP contribution in [-0.2, 0) is 14.2 Å². The molecule has 0 aromatic carbocycles. The average molecular weight is 256 g/mol. The number of terminal acetylenes is 2. The Labute approximate surface area is 105 Å². The van der Waals surface area contributed by atoms with Crippen LogP contribution in [0.25, 0.3) is 0 Å². The lowest BCUT2D eigenvalue weighted by Crippen LogP contribution is -2.60. The van der Waals surface area contributed by atoms with Gasteiger partial charge in [0.05, 0.1) is 6.61 Å². The summed E-state index contributed by atoms with van der Waals surface area (Å²) < 4.78 is 15.4. The highest BCUT2D eigenvalue weighted by atomic mass is 16.7. The van der Waals surface area contributed by atoms with Crippen LogP contribution < -0.4 is 0 Å². The first-order valence-electron chi connectivity index (χ1n) is 5.38. The minimum Gasteiger partial charge on any atom is -0.394 e. The lowest BCUT2D eigenvalue weighted by molar-refractivity contribution is -0.300. The topological polar surface area (TPSA) is 88.4 Å². The molecule has 0 bridgehead atoms. The molecule has 0 aliphatic carbocycles. The second kappa shape index (κ2) is 7.34. The van der Waals surface area contributed by atoms with E-state index in [2.05, 4.69) is 11.8 Å². The van der Waals surface area contributed by atoms with Crippen LogP contribution in [0.15, 0.2) is 0 Å². The van der Waals surface area contributed by atoms with Gasteiger partial charge in [-0.3, -0.25) is 0 Å². The predicted octanol–water partition coefficient (Wildman–Crippen LogP) is -1.91. The van der Waals surface area contributed by atoms with Crippen molar-refractivity contribution in [2.75, 3.05) is 19.8 Å². The van der Waals surface area contributed by atoms with Crippen LogP contribution in [0.1, 0.15) is 0 Å². The summed E-state index contributed by atoms with van der Waals surface area (Å²) in [6, 6.07) is 0. The average Bonchev–Trinajstić information content (AvgIpc) is 2.37. The summed E-state index contributed by atoms with van der Waals surface area (Å²) in [7, 11) is 0. The number of ether oxygens (including phenoxy) is 3. The van der Waals surface area contributed by atoms with Crippen LogP contribution in [-0.4, -0.2) is 65.8 Å². The molecule has 18 heavy (non-hydrogen) atoms. The van der Waals surface area contributed by atoms with E-state index < -0.39 is 37.3 Å². The van der Waals surface area contributed by atoms with Crippen LogP contribution in [0.2, 0.25) is 0 Å². The summed E-state index contributed by atoms with van der Waals surface area (Å²) >= 11 is 0. The summed E-state index contributed by atoms with van der Waals surface area (Å²) in [5, 5.41) is 28.7. The van der Waals surface area contributed by atoms with E-state index in [0.29, 0.717) is 0 Å². The molecule has 5 atom stereocenters. The van der Waals surface area contributed by atoms with Gasteiger partial charge < -0.3 is 29.5 Å². The van der Waals surface area contributed by atoms with Gasteiger partial charge in [-0.25, -0.2) is 0 Å². The molecule has 0 aromatic rings. The quantitative estimate of drug-likeness (QED) is 0.498. The van der Waals surface area contributed by atoms with Crippen LogP contribution in [0.4, 0.5) is 0 Å². The zero-order valence-corrected chi connectivity index (χ0v) is 9.73. The monoisotopic (exact) mass is 256 g/mol. The van der Waals surface area contributed by atoms with Crippen molar-refractivity contribution in [2.24, 2.45) is 0 Å². The Bertz CT molecular complexity index is 330. The van der Waals surface area contributed by atoms with Crippen molar-refractivity contribution in [3.63, 3.8) is 0 Å². The van der Waals surface area contributed by atoms with Gasteiger partial charge >= 0.3 is 0 Å². The maximum Gasteiger partial charge on any atom is 0.184 e. The molecule has 0 unspecified atom stereocenters. The van der Waals surface area contributed by atoms with Crippen LogP contribution in [0.3, 0.4) is 0 Å². The van der Waals surface area contributed by atoms with Crippen LogP contribution in [0.5, 0.6) is 0 Å². The Morgan fingerprint density at radius 3 is 2.11 bits per heavy atom. The van der Waals surface area contributed by atoms with Crippen molar-refractivity contribution >= 4 is 0 Å². The van der Waals surface area contributed by atoms with Crippen molar-refractivity contribution < 1.29 is 29.5 Å². The lowest BCUT2D eigenvalue weighted by atomic mass is 9.99. The molecule has 1 aliphatic heterocycles. The first-order chi connectivity index (χ1) is 8.65. The molecule has 100 valence electrons. The van der Waals surface area contributed by atoms with Gasteiger partial charge in [0.15, 0.2) is 6.29 Å². The number of hydrogen-bond donors (Lipinski definition) is 3. The second-order valence-electron chi connectivity index (χ2n) is 3.70. The molecule has 6 nitrogen and oxygen atoms in total. The zero-order chi connectivity index (χ0) is 13.5. The van der Waals surface area contributed by atoms with Crippen molar-refractivity contribution in [1.29, 1.82) is 0 Å². The van der Waals surface area contributed by atoms with Gasteiger partial charge in [-0.2, -0.15) is 0 Å². The predicted molar refractivity (Wildman–Crippen MR) is 61.1 cm³/mol. The lowest BCUT2D eigenvalue weighted by Gasteiger charge is -2.41. The van der Waals surface area contributed by atoms with Gasteiger partial charge in [-0.15, -0.1) is 12.8 Å². The summed E-state index contributed by atoms with van der Waals surface area (Å²) in [6.45, 7) is -0.601. The SMILES string of the molecule is C#CCO[C@@H]1[C@@H](OCC#C)[C@H](O)[C@@H](CO)O[C@@H]1O. The summed E-state index contributed by atoms with van der Waals surface area (Å²) in [6.07, 6.45) is 4.74. The summed E-state index contributed by atoms with van der Waals surface area (Å²) in [5.74, 6) is 4.48. The fourth-order valence-corrected chi connectivity index (χ4v) is 1.72. The Morgan fingerprint density at radius 2 is 1.61 bits per heavy atom. The van der Waals surface area contributed by atoms with Gasteiger partial charge in [0.1, 0.15) is 37.6 Å². The van der Waals surface area contributed by atoms with E-state index in [9.17, 15) is 10.2 Å². The maximum atomic E-state index is 9.92. The standard InChI is InChI=1S/C12H16O6/c1-3-5-16-10-9(14)8(7-13)18-12(15)11(10)17-6-4-2/h1-2,8-15H,5-7H2/t8-,9-,10+,11-,12+/m1/s1. The molecule has 6 heteroatoms. The first-order valence-corrected chi connectivity index (χ1v) is 5.38. The smallest absolute Gasteiger partial charge is 0.184 e. The number of aliphatic hydroxyl groups is 3. The van der Waals surface area contributed by atoms with Gasteiger partial charge in [0.2, 0.25) is 0 Å². The number of aliphatic hydroxyl groups excluding tert-OH is 3. The van der Waals surface area contributed by atoms with E-state index in [1.807, 2.05) is 0 Å². The summed E-state index contributed by atoms with van der Waals surface area (Å²) in [5.41, 5.74) is 0. The Kier molecular flexibility index (Phi) is 6.10. The largest absolute Gasteiger partial charge is 0.394 e. The zero-order valence-electron chi connectivity index (χ0n) is 9.73. The molecule has 1 saturated heterocycles. The molecule has 1 rings (SSSR count).